The fourth-order valence-corrected chi connectivity index (χ4v) is 5.71. The van der Waals surface area contributed by atoms with Gasteiger partial charge in [0.1, 0.15) is 12.3 Å². The Balaban J connectivity index is 1.19. The first-order valence-electron chi connectivity index (χ1n) is 13.1. The van der Waals surface area contributed by atoms with Crippen molar-refractivity contribution in [3.63, 3.8) is 0 Å². The van der Waals surface area contributed by atoms with Crippen LogP contribution in [-0.2, 0) is 25.6 Å². The normalized spacial score (nSPS) is 22.3. The van der Waals surface area contributed by atoms with E-state index in [0.29, 0.717) is 31.0 Å². The van der Waals surface area contributed by atoms with Crippen molar-refractivity contribution in [2.24, 2.45) is 0 Å². The fourth-order valence-electron chi connectivity index (χ4n) is 5.71. The standard InChI is InChI=1S/C28H33N5O5/c1-31-24-16-20(5-6-22(24)33(28(31)38)23-7-8-25(35)30-27(23)37)19-9-12-32(13-10-19)17-26(36)29-21-4-2-3-18(15-21)11-14-34/h2-6,14-16,19,23,28,38H,7-13,17H2,1H3,(H,29,36)(H,30,35,37). The minimum absolute atomic E-state index is 0.0756. The number of amides is 3. The van der Waals surface area contributed by atoms with Crippen LogP contribution in [-0.4, -0.2) is 73.1 Å². The highest BCUT2D eigenvalue weighted by Gasteiger charge is 2.42. The van der Waals surface area contributed by atoms with Crippen molar-refractivity contribution >= 4 is 41.1 Å². The van der Waals surface area contributed by atoms with Gasteiger partial charge in [0.05, 0.1) is 17.9 Å². The number of carbonyl (C=O) groups is 4. The minimum atomic E-state index is -0.983. The molecule has 2 aromatic rings. The fraction of sp³-hybridized carbons (Fsp3) is 0.429. The maximum atomic E-state index is 12.6. The summed E-state index contributed by atoms with van der Waals surface area (Å²) in [6.45, 7) is 1.90. The van der Waals surface area contributed by atoms with Crippen molar-refractivity contribution in [3.05, 3.63) is 53.6 Å². The molecule has 5 rings (SSSR count). The third kappa shape index (κ3) is 5.27. The number of piperidine rings is 2. The van der Waals surface area contributed by atoms with E-state index in [-0.39, 0.29) is 24.1 Å². The Hall–Kier alpha value is -3.76. The molecule has 10 nitrogen and oxygen atoms in total. The second-order valence-electron chi connectivity index (χ2n) is 10.2. The van der Waals surface area contributed by atoms with Crippen molar-refractivity contribution in [1.82, 2.24) is 10.2 Å². The predicted octanol–water partition coefficient (Wildman–Crippen LogP) is 1.58. The van der Waals surface area contributed by atoms with Crippen LogP contribution in [0.25, 0.3) is 0 Å². The molecule has 3 N–H and O–H groups in total. The van der Waals surface area contributed by atoms with Gasteiger partial charge in [-0.05, 0) is 73.7 Å². The molecule has 3 heterocycles. The van der Waals surface area contributed by atoms with Crippen LogP contribution < -0.4 is 20.4 Å². The highest BCUT2D eigenvalue weighted by molar-refractivity contribution is 6.02. The molecule has 2 fully saturated rings. The summed E-state index contributed by atoms with van der Waals surface area (Å²) in [7, 11) is 1.80. The molecule has 0 aromatic heterocycles. The number of imide groups is 1. The quantitative estimate of drug-likeness (QED) is 0.372. The van der Waals surface area contributed by atoms with Gasteiger partial charge in [-0.25, -0.2) is 0 Å². The molecule has 0 spiro atoms. The van der Waals surface area contributed by atoms with Gasteiger partial charge >= 0.3 is 0 Å². The number of hydrogen-bond donors (Lipinski definition) is 3. The van der Waals surface area contributed by atoms with Crippen LogP contribution in [0.4, 0.5) is 17.1 Å². The molecule has 3 aliphatic rings. The third-order valence-electron chi connectivity index (χ3n) is 7.75. The van der Waals surface area contributed by atoms with Crippen molar-refractivity contribution in [2.45, 2.75) is 50.4 Å². The van der Waals surface area contributed by atoms with E-state index >= 15 is 0 Å². The van der Waals surface area contributed by atoms with Gasteiger partial charge in [0.15, 0.2) is 0 Å². The number of hydrogen-bond acceptors (Lipinski definition) is 8. The first kappa shape index (κ1) is 25.9. The van der Waals surface area contributed by atoms with Gasteiger partial charge in [0.2, 0.25) is 24.1 Å². The second kappa shape index (κ2) is 10.9. The molecule has 2 saturated heterocycles. The van der Waals surface area contributed by atoms with Gasteiger partial charge in [-0.2, -0.15) is 0 Å². The number of anilines is 3. The predicted molar refractivity (Wildman–Crippen MR) is 143 cm³/mol. The zero-order chi connectivity index (χ0) is 26.8. The molecule has 2 aromatic carbocycles. The largest absolute Gasteiger partial charge is 0.356 e. The highest BCUT2D eigenvalue weighted by Crippen LogP contribution is 2.43. The van der Waals surface area contributed by atoms with Crippen LogP contribution in [0.2, 0.25) is 0 Å². The lowest BCUT2D eigenvalue weighted by atomic mass is 9.89. The summed E-state index contributed by atoms with van der Waals surface area (Å²) in [5.74, 6) is -0.407. The topological polar surface area (TPSA) is 122 Å². The number of aliphatic hydroxyl groups excluding tert-OH is 1. The number of likely N-dealkylation sites (tertiary alicyclic amines) is 1. The Bertz CT molecular complexity index is 1240. The second-order valence-corrected chi connectivity index (χ2v) is 10.2. The Kier molecular flexibility index (Phi) is 7.44. The summed E-state index contributed by atoms with van der Waals surface area (Å²) in [5.41, 5.74) is 4.37. The molecule has 3 aliphatic heterocycles. The average molecular weight is 520 g/mol. The van der Waals surface area contributed by atoms with Crippen molar-refractivity contribution < 1.29 is 24.3 Å². The molecule has 3 amide bonds. The van der Waals surface area contributed by atoms with Crippen molar-refractivity contribution in [3.8, 4) is 0 Å². The summed E-state index contributed by atoms with van der Waals surface area (Å²) in [6.07, 6.45) is 2.62. The van der Waals surface area contributed by atoms with Crippen LogP contribution >= 0.6 is 0 Å². The van der Waals surface area contributed by atoms with Crippen molar-refractivity contribution in [1.29, 1.82) is 0 Å². The van der Waals surface area contributed by atoms with Gasteiger partial charge in [0, 0.05) is 25.6 Å². The molecule has 0 bridgehead atoms. The Labute approximate surface area is 221 Å². The molecule has 200 valence electrons. The molecule has 10 heteroatoms. The first-order valence-corrected chi connectivity index (χ1v) is 13.1. The van der Waals surface area contributed by atoms with Gasteiger partial charge in [-0.1, -0.05) is 18.2 Å². The summed E-state index contributed by atoms with van der Waals surface area (Å²) in [4.78, 5) is 53.0. The Morgan fingerprint density at radius 3 is 2.63 bits per heavy atom. The van der Waals surface area contributed by atoms with Gasteiger partial charge < -0.3 is 25.0 Å². The van der Waals surface area contributed by atoms with Crippen LogP contribution in [0.3, 0.4) is 0 Å². The van der Waals surface area contributed by atoms with Crippen molar-refractivity contribution in [2.75, 3.05) is 41.8 Å². The lowest BCUT2D eigenvalue weighted by molar-refractivity contribution is -0.134. The lowest BCUT2D eigenvalue weighted by Gasteiger charge is -2.34. The third-order valence-corrected chi connectivity index (χ3v) is 7.75. The highest BCUT2D eigenvalue weighted by atomic mass is 16.3. The zero-order valence-electron chi connectivity index (χ0n) is 21.4. The minimum Gasteiger partial charge on any atom is -0.356 e. The van der Waals surface area contributed by atoms with Gasteiger partial charge in [-0.3, -0.25) is 24.6 Å². The maximum Gasteiger partial charge on any atom is 0.249 e. The SMILES string of the molecule is CN1c2cc(C3CCN(CC(=O)Nc4cccc(CC=O)c4)CC3)ccc2N(C2CCC(=O)NC2=O)C1O. The van der Waals surface area contributed by atoms with E-state index in [9.17, 15) is 24.3 Å². The maximum absolute atomic E-state index is 12.6. The van der Waals surface area contributed by atoms with E-state index in [1.165, 1.54) is 5.56 Å². The number of benzene rings is 2. The molecule has 0 aliphatic carbocycles. The molecule has 2 atom stereocenters. The zero-order valence-corrected chi connectivity index (χ0v) is 21.4. The van der Waals surface area contributed by atoms with Crippen LogP contribution in [0.15, 0.2) is 42.5 Å². The van der Waals surface area contributed by atoms with Crippen LogP contribution in [0, 0.1) is 0 Å². The van der Waals surface area contributed by atoms with E-state index in [4.69, 9.17) is 0 Å². The summed E-state index contributed by atoms with van der Waals surface area (Å²) >= 11 is 0. The Morgan fingerprint density at radius 1 is 1.11 bits per heavy atom. The molecule has 2 unspecified atom stereocenters. The number of aldehydes is 1. The molecule has 0 saturated carbocycles. The van der Waals surface area contributed by atoms with Crippen LogP contribution in [0.5, 0.6) is 0 Å². The molecule has 38 heavy (non-hydrogen) atoms. The summed E-state index contributed by atoms with van der Waals surface area (Å²) < 4.78 is 0. The monoisotopic (exact) mass is 519 g/mol. The number of nitrogens with one attached hydrogen (secondary N) is 2. The summed E-state index contributed by atoms with van der Waals surface area (Å²) in [6, 6.07) is 12.8. The smallest absolute Gasteiger partial charge is 0.249 e. The van der Waals surface area contributed by atoms with Gasteiger partial charge in [-0.15, -0.1) is 0 Å². The number of rotatable bonds is 7. The molecular formula is C28H33N5O5. The van der Waals surface area contributed by atoms with Crippen LogP contribution in [0.1, 0.15) is 42.7 Å². The Morgan fingerprint density at radius 2 is 1.89 bits per heavy atom. The van der Waals surface area contributed by atoms with E-state index in [0.717, 1.165) is 49.2 Å². The number of fused-ring (bicyclic) bond motifs is 1. The van der Waals surface area contributed by atoms with E-state index in [2.05, 4.69) is 27.7 Å². The van der Waals surface area contributed by atoms with E-state index in [1.54, 1.807) is 16.8 Å². The molecular weight excluding hydrogens is 486 g/mol. The first-order chi connectivity index (χ1) is 18.3. The summed E-state index contributed by atoms with van der Waals surface area (Å²) in [5, 5.41) is 16.2. The number of aliphatic hydroxyl groups is 1. The van der Waals surface area contributed by atoms with E-state index in [1.807, 2.05) is 30.3 Å². The van der Waals surface area contributed by atoms with E-state index < -0.39 is 12.4 Å². The van der Waals surface area contributed by atoms with Gasteiger partial charge in [0.25, 0.3) is 0 Å². The molecule has 0 radical (unpaired) electrons. The number of nitrogens with zero attached hydrogens (tertiary/aromatic N) is 3. The number of carbonyl (C=O) groups excluding carboxylic acids is 4. The lowest BCUT2D eigenvalue weighted by Crippen LogP contribution is -2.56. The average Bonchev–Trinajstić information content (AvgIpc) is 3.14.